The van der Waals surface area contributed by atoms with E-state index in [0.29, 0.717) is 24.0 Å². The van der Waals surface area contributed by atoms with Gasteiger partial charge in [0.2, 0.25) is 0 Å². The van der Waals surface area contributed by atoms with E-state index in [4.69, 9.17) is 10.9 Å². The lowest BCUT2D eigenvalue weighted by Gasteiger charge is -2.36. The van der Waals surface area contributed by atoms with Gasteiger partial charge in [-0.1, -0.05) is 24.4 Å². The van der Waals surface area contributed by atoms with E-state index in [1.807, 2.05) is 0 Å². The van der Waals surface area contributed by atoms with Crippen LogP contribution >= 0.6 is 0 Å². The molecule has 1 fully saturated rings. The first-order valence-electron chi connectivity index (χ1n) is 7.09. The molecule has 0 bridgehead atoms. The van der Waals surface area contributed by atoms with Crippen LogP contribution in [0.2, 0.25) is 0 Å². The van der Waals surface area contributed by atoms with Gasteiger partial charge >= 0.3 is 0 Å². The molecule has 6 heteroatoms. The Bertz CT molecular complexity index is 563. The highest BCUT2D eigenvalue weighted by Gasteiger charge is 2.38. The molecule has 114 valence electrons. The van der Waals surface area contributed by atoms with E-state index in [2.05, 4.69) is 10.5 Å². The first kappa shape index (κ1) is 15.2. The number of aromatic hydroxyl groups is 1. The number of carbonyl (C=O) groups is 1. The maximum atomic E-state index is 12.5. The van der Waals surface area contributed by atoms with Crippen LogP contribution in [0.1, 0.15) is 48.0 Å². The fourth-order valence-corrected chi connectivity index (χ4v) is 2.88. The first-order valence-corrected chi connectivity index (χ1v) is 7.09. The van der Waals surface area contributed by atoms with Crippen molar-refractivity contribution < 1.29 is 15.1 Å². The second kappa shape index (κ2) is 6.03. The zero-order valence-corrected chi connectivity index (χ0v) is 12.1. The number of oxime groups is 1. The Kier molecular flexibility index (Phi) is 4.35. The van der Waals surface area contributed by atoms with Crippen molar-refractivity contribution in [2.75, 3.05) is 0 Å². The van der Waals surface area contributed by atoms with Crippen LogP contribution in [0.4, 0.5) is 0 Å². The Morgan fingerprint density at radius 1 is 1.33 bits per heavy atom. The summed E-state index contributed by atoms with van der Waals surface area (Å²) in [7, 11) is 0. The zero-order chi connectivity index (χ0) is 15.5. The Balaban J connectivity index is 2.26. The summed E-state index contributed by atoms with van der Waals surface area (Å²) in [6.07, 6.45) is 4.24. The summed E-state index contributed by atoms with van der Waals surface area (Å²) >= 11 is 0. The number of nitrogens with two attached hydrogens (primary N) is 1. The standard InChI is InChI=1S/C15H21N3O3/c1-10-9-11(19)5-6-12(10)13(20)17-15(14(16)18-21)7-3-2-4-8-15/h5-6,9,19,21H,2-4,7-8H2,1H3,(H2,16,18)(H,17,20). The molecule has 1 aromatic rings. The van der Waals surface area contributed by atoms with Gasteiger partial charge in [-0.2, -0.15) is 0 Å². The van der Waals surface area contributed by atoms with E-state index in [1.54, 1.807) is 13.0 Å². The minimum absolute atomic E-state index is 0.0481. The average Bonchev–Trinajstić information content (AvgIpc) is 2.47. The third-order valence-electron chi connectivity index (χ3n) is 4.11. The lowest BCUT2D eigenvalue weighted by molar-refractivity contribution is 0.0905. The predicted octanol–water partition coefficient (Wildman–Crippen LogP) is 1.88. The molecule has 1 aromatic carbocycles. The molecule has 1 saturated carbocycles. The van der Waals surface area contributed by atoms with Crippen molar-refractivity contribution in [3.8, 4) is 5.75 Å². The van der Waals surface area contributed by atoms with Crippen LogP contribution in [-0.4, -0.2) is 27.6 Å². The molecule has 0 heterocycles. The molecule has 6 nitrogen and oxygen atoms in total. The molecule has 0 aliphatic heterocycles. The Morgan fingerprint density at radius 3 is 2.57 bits per heavy atom. The monoisotopic (exact) mass is 291 g/mol. The normalized spacial score (nSPS) is 18.2. The topological polar surface area (TPSA) is 108 Å². The van der Waals surface area contributed by atoms with E-state index >= 15 is 0 Å². The highest BCUT2D eigenvalue weighted by Crippen LogP contribution is 2.29. The molecule has 0 unspecified atom stereocenters. The van der Waals surface area contributed by atoms with Crippen molar-refractivity contribution in [3.63, 3.8) is 0 Å². The molecule has 0 radical (unpaired) electrons. The second-order valence-electron chi connectivity index (χ2n) is 5.58. The summed E-state index contributed by atoms with van der Waals surface area (Å²) in [4.78, 5) is 12.5. The first-order chi connectivity index (χ1) is 9.98. The van der Waals surface area contributed by atoms with Crippen LogP contribution in [0.15, 0.2) is 23.4 Å². The number of rotatable bonds is 3. The highest BCUT2D eigenvalue weighted by atomic mass is 16.4. The van der Waals surface area contributed by atoms with Gasteiger partial charge in [0.05, 0.1) is 0 Å². The van der Waals surface area contributed by atoms with E-state index in [0.717, 1.165) is 19.3 Å². The van der Waals surface area contributed by atoms with Gasteiger partial charge in [0, 0.05) is 5.56 Å². The number of nitrogens with zero attached hydrogens (tertiary/aromatic N) is 1. The number of aryl methyl sites for hydroxylation is 1. The molecular formula is C15H21N3O3. The summed E-state index contributed by atoms with van der Waals surface area (Å²) in [5.74, 6) is -0.110. The van der Waals surface area contributed by atoms with Crippen molar-refractivity contribution in [1.29, 1.82) is 0 Å². The summed E-state index contributed by atoms with van der Waals surface area (Å²) in [5, 5.41) is 24.4. The lowest BCUT2D eigenvalue weighted by Crippen LogP contribution is -2.58. The smallest absolute Gasteiger partial charge is 0.252 e. The molecule has 2 rings (SSSR count). The molecule has 1 aliphatic carbocycles. The predicted molar refractivity (Wildman–Crippen MR) is 79.5 cm³/mol. The van der Waals surface area contributed by atoms with Crippen LogP contribution in [0, 0.1) is 6.92 Å². The van der Waals surface area contributed by atoms with Crippen LogP contribution in [0.25, 0.3) is 0 Å². The number of hydrogen-bond acceptors (Lipinski definition) is 4. The fraction of sp³-hybridized carbons (Fsp3) is 0.467. The van der Waals surface area contributed by atoms with Gasteiger partial charge in [-0.3, -0.25) is 4.79 Å². The minimum atomic E-state index is -0.783. The van der Waals surface area contributed by atoms with Crippen LogP contribution in [-0.2, 0) is 0 Å². The van der Waals surface area contributed by atoms with E-state index in [9.17, 15) is 9.90 Å². The molecule has 5 N–H and O–H groups in total. The van der Waals surface area contributed by atoms with Crippen LogP contribution in [0.3, 0.4) is 0 Å². The fourth-order valence-electron chi connectivity index (χ4n) is 2.88. The largest absolute Gasteiger partial charge is 0.508 e. The number of nitrogens with one attached hydrogen (secondary N) is 1. The average molecular weight is 291 g/mol. The molecule has 1 amide bonds. The molecule has 1 aliphatic rings. The number of benzene rings is 1. The van der Waals surface area contributed by atoms with Crippen molar-refractivity contribution in [2.24, 2.45) is 10.9 Å². The highest BCUT2D eigenvalue weighted by molar-refractivity contribution is 6.01. The Hall–Kier alpha value is -2.24. The summed E-state index contributed by atoms with van der Waals surface area (Å²) in [5.41, 5.74) is 6.19. The quantitative estimate of drug-likeness (QED) is 0.295. The lowest BCUT2D eigenvalue weighted by atomic mass is 9.80. The second-order valence-corrected chi connectivity index (χ2v) is 5.58. The minimum Gasteiger partial charge on any atom is -0.508 e. The van der Waals surface area contributed by atoms with E-state index in [-0.39, 0.29) is 17.5 Å². The van der Waals surface area contributed by atoms with Gasteiger partial charge in [-0.05, 0) is 43.5 Å². The van der Waals surface area contributed by atoms with Gasteiger partial charge in [0.25, 0.3) is 5.91 Å². The number of phenols is 1. The molecule has 0 atom stereocenters. The molecule has 0 saturated heterocycles. The van der Waals surface area contributed by atoms with Crippen LogP contribution < -0.4 is 11.1 Å². The maximum absolute atomic E-state index is 12.5. The Labute approximate surface area is 123 Å². The van der Waals surface area contributed by atoms with Gasteiger partial charge in [0.1, 0.15) is 11.3 Å². The van der Waals surface area contributed by atoms with Crippen molar-refractivity contribution in [2.45, 2.75) is 44.6 Å². The molecule has 0 spiro atoms. The number of hydrogen-bond donors (Lipinski definition) is 4. The molecular weight excluding hydrogens is 270 g/mol. The number of amidine groups is 1. The molecule has 0 aromatic heterocycles. The van der Waals surface area contributed by atoms with Crippen molar-refractivity contribution in [3.05, 3.63) is 29.3 Å². The zero-order valence-electron chi connectivity index (χ0n) is 12.1. The van der Waals surface area contributed by atoms with Crippen molar-refractivity contribution in [1.82, 2.24) is 5.32 Å². The molecule has 21 heavy (non-hydrogen) atoms. The summed E-state index contributed by atoms with van der Waals surface area (Å²) in [6.45, 7) is 1.76. The van der Waals surface area contributed by atoms with Crippen LogP contribution in [0.5, 0.6) is 5.75 Å². The Morgan fingerprint density at radius 2 is 2.00 bits per heavy atom. The third-order valence-corrected chi connectivity index (χ3v) is 4.11. The summed E-state index contributed by atoms with van der Waals surface area (Å²) in [6, 6.07) is 4.58. The SMILES string of the molecule is Cc1cc(O)ccc1C(=O)NC1(/C(N)=N/O)CCCCC1. The number of phenolic OH excluding ortho intramolecular Hbond substituents is 1. The maximum Gasteiger partial charge on any atom is 0.252 e. The number of amides is 1. The van der Waals surface area contributed by atoms with Gasteiger partial charge < -0.3 is 21.4 Å². The third kappa shape index (κ3) is 3.09. The van der Waals surface area contributed by atoms with Gasteiger partial charge in [0.15, 0.2) is 5.84 Å². The van der Waals surface area contributed by atoms with Gasteiger partial charge in [-0.15, -0.1) is 0 Å². The van der Waals surface area contributed by atoms with Crippen molar-refractivity contribution >= 4 is 11.7 Å². The van der Waals surface area contributed by atoms with Gasteiger partial charge in [-0.25, -0.2) is 0 Å². The van der Waals surface area contributed by atoms with E-state index < -0.39 is 5.54 Å². The summed E-state index contributed by atoms with van der Waals surface area (Å²) < 4.78 is 0. The number of carbonyl (C=O) groups excluding carboxylic acids is 1. The van der Waals surface area contributed by atoms with E-state index in [1.165, 1.54) is 12.1 Å².